The van der Waals surface area contributed by atoms with Gasteiger partial charge in [0, 0.05) is 6.20 Å². The third-order valence-corrected chi connectivity index (χ3v) is 3.01. The van der Waals surface area contributed by atoms with Gasteiger partial charge in [0.1, 0.15) is 11.4 Å². The molecule has 0 saturated heterocycles. The first kappa shape index (κ1) is 16.5. The van der Waals surface area contributed by atoms with Gasteiger partial charge in [-0.05, 0) is 42.8 Å². The van der Waals surface area contributed by atoms with Crippen molar-refractivity contribution in [3.8, 4) is 5.75 Å². The first-order valence-corrected chi connectivity index (χ1v) is 7.39. The molecule has 2 N–H and O–H groups in total. The van der Waals surface area contributed by atoms with Crippen molar-refractivity contribution in [2.24, 2.45) is 10.9 Å². The summed E-state index contributed by atoms with van der Waals surface area (Å²) in [5, 5.41) is 3.60. The molecule has 0 spiro atoms. The maximum absolute atomic E-state index is 11.9. The molecule has 0 aliphatic rings. The van der Waals surface area contributed by atoms with Gasteiger partial charge in [-0.1, -0.05) is 24.6 Å². The number of unbranched alkanes of at least 4 members (excludes halogenated alkanes) is 1. The molecule has 23 heavy (non-hydrogen) atoms. The van der Waals surface area contributed by atoms with Gasteiger partial charge in [-0.25, -0.2) is 4.79 Å². The second-order valence-electron chi connectivity index (χ2n) is 4.80. The molecule has 0 aliphatic heterocycles. The first-order valence-electron chi connectivity index (χ1n) is 7.39. The van der Waals surface area contributed by atoms with E-state index in [0.29, 0.717) is 23.6 Å². The molecule has 6 nitrogen and oxygen atoms in total. The highest BCUT2D eigenvalue weighted by atomic mass is 16.7. The van der Waals surface area contributed by atoms with Crippen LogP contribution in [0.3, 0.4) is 0 Å². The van der Waals surface area contributed by atoms with Crippen LogP contribution in [0.25, 0.3) is 0 Å². The molecule has 0 radical (unpaired) electrons. The number of hydrogen-bond donors (Lipinski definition) is 1. The number of oxime groups is 1. The molecule has 120 valence electrons. The number of aromatic nitrogens is 1. The van der Waals surface area contributed by atoms with Crippen LogP contribution in [-0.4, -0.2) is 23.4 Å². The van der Waals surface area contributed by atoms with E-state index in [9.17, 15) is 4.79 Å². The standard InChI is InChI=1S/C17H19N3O3/c1-2-3-12-22-14-9-7-13(8-10-14)17(21)23-20-16(18)15-6-4-5-11-19-15/h4-11H,2-3,12H2,1H3,(H2,18,20). The van der Waals surface area contributed by atoms with Gasteiger partial charge in [-0.2, -0.15) is 0 Å². The zero-order valence-electron chi connectivity index (χ0n) is 12.9. The zero-order valence-corrected chi connectivity index (χ0v) is 12.9. The zero-order chi connectivity index (χ0) is 16.5. The van der Waals surface area contributed by atoms with Crippen LogP contribution in [0.2, 0.25) is 0 Å². The number of pyridine rings is 1. The average molecular weight is 313 g/mol. The van der Waals surface area contributed by atoms with Crippen LogP contribution in [0.4, 0.5) is 0 Å². The van der Waals surface area contributed by atoms with Crippen molar-refractivity contribution >= 4 is 11.8 Å². The van der Waals surface area contributed by atoms with Crippen molar-refractivity contribution in [2.45, 2.75) is 19.8 Å². The Labute approximate surface area is 134 Å². The van der Waals surface area contributed by atoms with Gasteiger partial charge >= 0.3 is 5.97 Å². The average Bonchev–Trinajstić information content (AvgIpc) is 2.61. The summed E-state index contributed by atoms with van der Waals surface area (Å²) in [6.07, 6.45) is 3.64. The predicted molar refractivity (Wildman–Crippen MR) is 87.2 cm³/mol. The topological polar surface area (TPSA) is 86.8 Å². The lowest BCUT2D eigenvalue weighted by Crippen LogP contribution is -2.16. The number of amidine groups is 1. The molecule has 1 aromatic heterocycles. The number of nitrogens with two attached hydrogens (primary N) is 1. The lowest BCUT2D eigenvalue weighted by atomic mass is 10.2. The minimum atomic E-state index is -0.594. The van der Waals surface area contributed by atoms with Crippen LogP contribution in [0.5, 0.6) is 5.75 Å². The summed E-state index contributed by atoms with van der Waals surface area (Å²) in [7, 11) is 0. The third-order valence-electron chi connectivity index (χ3n) is 3.01. The van der Waals surface area contributed by atoms with E-state index in [-0.39, 0.29) is 5.84 Å². The van der Waals surface area contributed by atoms with Crippen LogP contribution in [-0.2, 0) is 4.84 Å². The van der Waals surface area contributed by atoms with E-state index >= 15 is 0 Å². The largest absolute Gasteiger partial charge is 0.494 e. The summed E-state index contributed by atoms with van der Waals surface area (Å²) >= 11 is 0. The van der Waals surface area contributed by atoms with E-state index in [0.717, 1.165) is 12.8 Å². The molecule has 0 unspecified atom stereocenters. The summed E-state index contributed by atoms with van der Waals surface area (Å²) in [6.45, 7) is 2.75. The van der Waals surface area contributed by atoms with Gasteiger partial charge in [-0.3, -0.25) is 4.98 Å². The van der Waals surface area contributed by atoms with Gasteiger partial charge in [0.05, 0.1) is 12.2 Å². The van der Waals surface area contributed by atoms with Crippen molar-refractivity contribution in [2.75, 3.05) is 6.61 Å². The highest BCUT2D eigenvalue weighted by molar-refractivity contribution is 5.96. The Bertz CT molecular complexity index is 655. The summed E-state index contributed by atoms with van der Waals surface area (Å²) in [5.74, 6) is 0.161. The first-order chi connectivity index (χ1) is 11.2. The second kappa shape index (κ2) is 8.53. The van der Waals surface area contributed by atoms with E-state index in [1.165, 1.54) is 0 Å². The van der Waals surface area contributed by atoms with Crippen LogP contribution in [0, 0.1) is 0 Å². The van der Waals surface area contributed by atoms with E-state index in [2.05, 4.69) is 17.1 Å². The molecule has 2 aromatic rings. The molecule has 0 saturated carbocycles. The summed E-state index contributed by atoms with van der Waals surface area (Å²) in [4.78, 5) is 20.7. The molecule has 2 rings (SSSR count). The number of rotatable bonds is 7. The van der Waals surface area contributed by atoms with Gasteiger partial charge in [0.2, 0.25) is 0 Å². The minimum absolute atomic E-state index is 0.0402. The lowest BCUT2D eigenvalue weighted by Gasteiger charge is -2.05. The number of carbonyl (C=O) groups is 1. The fraction of sp³-hybridized carbons (Fsp3) is 0.235. The lowest BCUT2D eigenvalue weighted by molar-refractivity contribution is 0.0516. The van der Waals surface area contributed by atoms with Crippen LogP contribution in [0.15, 0.2) is 53.8 Å². The van der Waals surface area contributed by atoms with E-state index in [1.54, 1.807) is 48.7 Å². The predicted octanol–water partition coefficient (Wildman–Crippen LogP) is 2.74. The van der Waals surface area contributed by atoms with Gasteiger partial charge in [-0.15, -0.1) is 0 Å². The van der Waals surface area contributed by atoms with Crippen molar-refractivity contribution in [3.05, 3.63) is 59.9 Å². The van der Waals surface area contributed by atoms with Crippen LogP contribution < -0.4 is 10.5 Å². The molecule has 6 heteroatoms. The van der Waals surface area contributed by atoms with E-state index in [1.807, 2.05) is 0 Å². The fourth-order valence-electron chi connectivity index (χ4n) is 1.73. The van der Waals surface area contributed by atoms with Crippen molar-refractivity contribution in [1.29, 1.82) is 0 Å². The quantitative estimate of drug-likeness (QED) is 0.279. The highest BCUT2D eigenvalue weighted by Crippen LogP contribution is 2.13. The maximum atomic E-state index is 11.9. The summed E-state index contributed by atoms with van der Waals surface area (Å²) in [6, 6.07) is 11.9. The smallest absolute Gasteiger partial charge is 0.365 e. The Morgan fingerprint density at radius 3 is 2.65 bits per heavy atom. The van der Waals surface area contributed by atoms with Crippen LogP contribution in [0.1, 0.15) is 35.8 Å². The molecular formula is C17H19N3O3. The normalized spacial score (nSPS) is 11.1. The second-order valence-corrected chi connectivity index (χ2v) is 4.80. The monoisotopic (exact) mass is 313 g/mol. The Morgan fingerprint density at radius 2 is 2.00 bits per heavy atom. The molecule has 0 aliphatic carbocycles. The van der Waals surface area contributed by atoms with Gasteiger partial charge in [0.15, 0.2) is 5.84 Å². The van der Waals surface area contributed by atoms with Crippen molar-refractivity contribution < 1.29 is 14.4 Å². The van der Waals surface area contributed by atoms with Gasteiger partial charge < -0.3 is 15.3 Å². The summed E-state index contributed by atoms with van der Waals surface area (Å²) in [5.41, 5.74) is 6.51. The van der Waals surface area contributed by atoms with Gasteiger partial charge in [0.25, 0.3) is 0 Å². The molecule has 0 bridgehead atoms. The van der Waals surface area contributed by atoms with E-state index < -0.39 is 5.97 Å². The fourth-order valence-corrected chi connectivity index (χ4v) is 1.73. The van der Waals surface area contributed by atoms with Crippen molar-refractivity contribution in [3.63, 3.8) is 0 Å². The molecule has 0 amide bonds. The maximum Gasteiger partial charge on any atom is 0.365 e. The van der Waals surface area contributed by atoms with Crippen LogP contribution >= 0.6 is 0 Å². The number of benzene rings is 1. The number of ether oxygens (including phenoxy) is 1. The Kier molecular flexibility index (Phi) is 6.11. The van der Waals surface area contributed by atoms with E-state index in [4.69, 9.17) is 15.3 Å². The Hall–Kier alpha value is -2.89. The number of carbonyl (C=O) groups excluding carboxylic acids is 1. The summed E-state index contributed by atoms with van der Waals surface area (Å²) < 4.78 is 5.53. The molecule has 1 heterocycles. The van der Waals surface area contributed by atoms with Crippen molar-refractivity contribution in [1.82, 2.24) is 4.98 Å². The molecular weight excluding hydrogens is 294 g/mol. The number of hydrogen-bond acceptors (Lipinski definition) is 5. The number of nitrogens with zero attached hydrogens (tertiary/aromatic N) is 2. The molecule has 0 fully saturated rings. The molecule has 1 aromatic carbocycles. The molecule has 0 atom stereocenters. The highest BCUT2D eigenvalue weighted by Gasteiger charge is 2.08. The Balaban J connectivity index is 1.93. The third kappa shape index (κ3) is 5.10. The SMILES string of the molecule is CCCCOc1ccc(C(=O)O/N=C(\N)c2ccccn2)cc1. The Morgan fingerprint density at radius 1 is 1.22 bits per heavy atom. The minimum Gasteiger partial charge on any atom is -0.494 e.